The van der Waals surface area contributed by atoms with Crippen LogP contribution in [0, 0.1) is 5.92 Å². The maximum Gasteiger partial charge on any atom is 0.00667 e. The number of rotatable bonds is 8. The normalized spacial score (nSPS) is 13.6. The maximum absolute atomic E-state index is 3.61. The average molecular weight is 203 g/mol. The number of thioether (sulfide) groups is 1. The molecule has 0 aliphatic heterocycles. The highest BCUT2D eigenvalue weighted by atomic mass is 32.2. The maximum atomic E-state index is 3.61. The van der Waals surface area contributed by atoms with E-state index in [1.807, 2.05) is 11.8 Å². The molecule has 0 saturated carbocycles. The fraction of sp³-hybridized carbons (Fsp3) is 1.00. The molecule has 0 aliphatic carbocycles. The van der Waals surface area contributed by atoms with E-state index in [1.165, 1.54) is 31.6 Å². The van der Waals surface area contributed by atoms with Crippen LogP contribution in [0.1, 0.15) is 40.0 Å². The van der Waals surface area contributed by atoms with Crippen LogP contribution in [0.15, 0.2) is 0 Å². The van der Waals surface area contributed by atoms with Gasteiger partial charge in [0.15, 0.2) is 0 Å². The second-order valence-corrected chi connectivity index (χ2v) is 4.65. The Bertz CT molecular complexity index is 102. The van der Waals surface area contributed by atoms with Gasteiger partial charge in [-0.15, -0.1) is 0 Å². The van der Waals surface area contributed by atoms with Gasteiger partial charge in [-0.3, -0.25) is 0 Å². The van der Waals surface area contributed by atoms with Crippen molar-refractivity contribution in [2.45, 2.75) is 46.1 Å². The van der Waals surface area contributed by atoms with Gasteiger partial charge in [0.2, 0.25) is 0 Å². The summed E-state index contributed by atoms with van der Waals surface area (Å²) in [6.07, 6.45) is 6.07. The van der Waals surface area contributed by atoms with Gasteiger partial charge >= 0.3 is 0 Å². The Hall–Kier alpha value is 0.310. The molecule has 0 saturated heterocycles. The van der Waals surface area contributed by atoms with Crippen LogP contribution in [-0.2, 0) is 0 Å². The summed E-state index contributed by atoms with van der Waals surface area (Å²) in [6, 6.07) is 0.692. The largest absolute Gasteiger partial charge is 0.314 e. The van der Waals surface area contributed by atoms with Crippen LogP contribution in [0.2, 0.25) is 0 Å². The summed E-state index contributed by atoms with van der Waals surface area (Å²) in [4.78, 5) is 0. The molecule has 2 heteroatoms. The predicted molar refractivity (Wildman–Crippen MR) is 64.5 cm³/mol. The van der Waals surface area contributed by atoms with Crippen LogP contribution in [0.5, 0.6) is 0 Å². The van der Waals surface area contributed by atoms with Crippen LogP contribution in [0.4, 0.5) is 0 Å². The van der Waals surface area contributed by atoms with E-state index < -0.39 is 0 Å². The summed E-state index contributed by atoms with van der Waals surface area (Å²) in [5, 5.41) is 3.61. The molecule has 0 aromatic carbocycles. The highest BCUT2D eigenvalue weighted by molar-refractivity contribution is 7.98. The van der Waals surface area contributed by atoms with Crippen LogP contribution < -0.4 is 5.32 Å². The molecule has 1 N–H and O–H groups in total. The Morgan fingerprint density at radius 1 is 1.23 bits per heavy atom. The molecule has 0 heterocycles. The SMILES string of the molecule is CCC(CC)C(C)NCCCSC. The first-order valence-electron chi connectivity index (χ1n) is 5.48. The van der Waals surface area contributed by atoms with Crippen LogP contribution in [-0.4, -0.2) is 24.6 Å². The lowest BCUT2D eigenvalue weighted by Gasteiger charge is -2.22. The van der Waals surface area contributed by atoms with E-state index in [0.717, 1.165) is 5.92 Å². The third-order valence-corrected chi connectivity index (χ3v) is 3.44. The molecule has 0 spiro atoms. The van der Waals surface area contributed by atoms with Crippen LogP contribution in [0.3, 0.4) is 0 Å². The molecule has 80 valence electrons. The molecular weight excluding hydrogens is 178 g/mol. The number of nitrogens with one attached hydrogen (secondary N) is 1. The summed E-state index contributed by atoms with van der Waals surface area (Å²) in [6.45, 7) is 8.07. The van der Waals surface area contributed by atoms with E-state index in [1.54, 1.807) is 0 Å². The van der Waals surface area contributed by atoms with Crippen molar-refractivity contribution in [2.75, 3.05) is 18.6 Å². The molecule has 0 amide bonds. The first-order valence-corrected chi connectivity index (χ1v) is 6.87. The van der Waals surface area contributed by atoms with Gasteiger partial charge in [-0.2, -0.15) is 11.8 Å². The van der Waals surface area contributed by atoms with E-state index in [2.05, 4.69) is 32.3 Å². The lowest BCUT2D eigenvalue weighted by molar-refractivity contribution is 0.355. The van der Waals surface area contributed by atoms with Crippen molar-refractivity contribution in [1.82, 2.24) is 5.32 Å². The van der Waals surface area contributed by atoms with Crippen LogP contribution in [0.25, 0.3) is 0 Å². The molecule has 0 radical (unpaired) electrons. The highest BCUT2D eigenvalue weighted by Crippen LogP contribution is 2.12. The van der Waals surface area contributed by atoms with Crippen molar-refractivity contribution in [1.29, 1.82) is 0 Å². The highest BCUT2D eigenvalue weighted by Gasteiger charge is 2.11. The first-order chi connectivity index (χ1) is 6.26. The van der Waals surface area contributed by atoms with E-state index in [9.17, 15) is 0 Å². The summed E-state index contributed by atoms with van der Waals surface area (Å²) in [5.41, 5.74) is 0. The second kappa shape index (κ2) is 8.89. The molecule has 0 rings (SSSR count). The smallest absolute Gasteiger partial charge is 0.00667 e. The molecule has 1 nitrogen and oxygen atoms in total. The van der Waals surface area contributed by atoms with Gasteiger partial charge in [0, 0.05) is 6.04 Å². The fourth-order valence-electron chi connectivity index (χ4n) is 1.71. The van der Waals surface area contributed by atoms with Crippen LogP contribution >= 0.6 is 11.8 Å². The molecule has 0 fully saturated rings. The van der Waals surface area contributed by atoms with Gasteiger partial charge in [-0.05, 0) is 37.8 Å². The Balaban J connectivity index is 3.42. The van der Waals surface area contributed by atoms with Gasteiger partial charge in [0.05, 0.1) is 0 Å². The van der Waals surface area contributed by atoms with Gasteiger partial charge < -0.3 is 5.32 Å². The van der Waals surface area contributed by atoms with E-state index in [-0.39, 0.29) is 0 Å². The summed E-state index contributed by atoms with van der Waals surface area (Å²) >= 11 is 1.93. The van der Waals surface area contributed by atoms with E-state index in [0.29, 0.717) is 6.04 Å². The summed E-state index contributed by atoms with van der Waals surface area (Å²) in [7, 11) is 0. The second-order valence-electron chi connectivity index (χ2n) is 3.67. The minimum atomic E-state index is 0.692. The van der Waals surface area contributed by atoms with E-state index in [4.69, 9.17) is 0 Å². The standard InChI is InChI=1S/C11H25NS/c1-5-11(6-2)10(3)12-8-7-9-13-4/h10-12H,5-9H2,1-4H3. The number of hydrogen-bond donors (Lipinski definition) is 1. The van der Waals surface area contributed by atoms with Crippen molar-refractivity contribution in [3.8, 4) is 0 Å². The quantitative estimate of drug-likeness (QED) is 0.608. The molecule has 0 aromatic rings. The molecule has 13 heavy (non-hydrogen) atoms. The zero-order valence-corrected chi connectivity index (χ0v) is 10.4. The Labute approximate surface area is 88.1 Å². The van der Waals surface area contributed by atoms with Crippen molar-refractivity contribution >= 4 is 11.8 Å². The predicted octanol–water partition coefficient (Wildman–Crippen LogP) is 3.15. The number of hydrogen-bond acceptors (Lipinski definition) is 2. The molecule has 0 aromatic heterocycles. The minimum absolute atomic E-state index is 0.692. The molecule has 1 unspecified atom stereocenters. The van der Waals surface area contributed by atoms with Crippen molar-refractivity contribution in [2.24, 2.45) is 5.92 Å². The molecule has 0 bridgehead atoms. The monoisotopic (exact) mass is 203 g/mol. The Kier molecular flexibility index (Phi) is 9.10. The minimum Gasteiger partial charge on any atom is -0.314 e. The van der Waals surface area contributed by atoms with Crippen molar-refractivity contribution in [3.63, 3.8) is 0 Å². The lowest BCUT2D eigenvalue weighted by atomic mass is 9.95. The summed E-state index contributed by atoms with van der Waals surface area (Å²) < 4.78 is 0. The Morgan fingerprint density at radius 3 is 2.31 bits per heavy atom. The average Bonchev–Trinajstić information content (AvgIpc) is 2.14. The van der Waals surface area contributed by atoms with Gasteiger partial charge in [0.1, 0.15) is 0 Å². The van der Waals surface area contributed by atoms with Gasteiger partial charge in [0.25, 0.3) is 0 Å². The van der Waals surface area contributed by atoms with Crippen molar-refractivity contribution in [3.05, 3.63) is 0 Å². The first kappa shape index (κ1) is 13.3. The van der Waals surface area contributed by atoms with Gasteiger partial charge in [-0.1, -0.05) is 26.7 Å². The third kappa shape index (κ3) is 6.39. The zero-order valence-electron chi connectivity index (χ0n) is 9.60. The molecular formula is C11H25NS. The Morgan fingerprint density at radius 2 is 1.85 bits per heavy atom. The fourth-order valence-corrected chi connectivity index (χ4v) is 2.14. The molecule has 0 aliphatic rings. The summed E-state index contributed by atoms with van der Waals surface area (Å²) in [5.74, 6) is 2.14. The van der Waals surface area contributed by atoms with Gasteiger partial charge in [-0.25, -0.2) is 0 Å². The topological polar surface area (TPSA) is 12.0 Å². The molecule has 1 atom stereocenters. The zero-order chi connectivity index (χ0) is 10.1. The lowest BCUT2D eigenvalue weighted by Crippen LogP contribution is -2.33. The van der Waals surface area contributed by atoms with Crippen molar-refractivity contribution < 1.29 is 0 Å². The van der Waals surface area contributed by atoms with E-state index >= 15 is 0 Å². The third-order valence-electron chi connectivity index (χ3n) is 2.75.